The molecule has 0 N–H and O–H groups in total. The second-order valence-electron chi connectivity index (χ2n) is 3.66. The molecule has 0 saturated carbocycles. The summed E-state index contributed by atoms with van der Waals surface area (Å²) in [4.78, 5) is 0. The van der Waals surface area contributed by atoms with Crippen molar-refractivity contribution in [2.75, 3.05) is 6.61 Å². The van der Waals surface area contributed by atoms with Crippen LogP contribution in [0, 0.1) is 5.92 Å². The van der Waals surface area contributed by atoms with Crippen LogP contribution in [-0.4, -0.2) is 12.7 Å². The Balaban J connectivity index is 2.20. The highest BCUT2D eigenvalue weighted by Gasteiger charge is 2.22. The van der Waals surface area contributed by atoms with E-state index in [1.807, 2.05) is 24.3 Å². The number of fused-ring (bicyclic) bond motifs is 1. The van der Waals surface area contributed by atoms with Crippen molar-refractivity contribution in [3.05, 3.63) is 24.3 Å². The molecule has 0 amide bonds. The SMILES string of the molecule is CC(C)C1COc2ccccc2O1. The standard InChI is InChI=1S/C11H14O2/c1-8(2)11-7-12-9-5-3-4-6-10(9)13-11/h3-6,8,11H,7H2,1-2H3. The maximum atomic E-state index is 5.77. The third kappa shape index (κ3) is 1.62. The third-order valence-electron chi connectivity index (χ3n) is 2.27. The molecule has 0 spiro atoms. The van der Waals surface area contributed by atoms with Crippen LogP contribution in [0.15, 0.2) is 24.3 Å². The smallest absolute Gasteiger partial charge is 0.161 e. The van der Waals surface area contributed by atoms with Gasteiger partial charge >= 0.3 is 0 Å². The first-order valence-electron chi connectivity index (χ1n) is 4.66. The Morgan fingerprint density at radius 2 is 1.92 bits per heavy atom. The fourth-order valence-corrected chi connectivity index (χ4v) is 1.36. The molecule has 0 aliphatic carbocycles. The van der Waals surface area contributed by atoms with E-state index in [1.54, 1.807) is 0 Å². The average molecular weight is 178 g/mol. The molecule has 0 bridgehead atoms. The fraction of sp³-hybridized carbons (Fsp3) is 0.455. The molecule has 2 heteroatoms. The van der Waals surface area contributed by atoms with Gasteiger partial charge in [0.2, 0.25) is 0 Å². The van der Waals surface area contributed by atoms with Gasteiger partial charge in [0, 0.05) is 0 Å². The maximum absolute atomic E-state index is 5.77. The van der Waals surface area contributed by atoms with Gasteiger partial charge in [-0.15, -0.1) is 0 Å². The lowest BCUT2D eigenvalue weighted by Crippen LogP contribution is -2.33. The normalized spacial score (nSPS) is 20.4. The van der Waals surface area contributed by atoms with Gasteiger partial charge in [0.1, 0.15) is 12.7 Å². The molecular weight excluding hydrogens is 164 g/mol. The zero-order valence-corrected chi connectivity index (χ0v) is 7.99. The molecule has 1 aliphatic rings. The third-order valence-corrected chi connectivity index (χ3v) is 2.27. The molecule has 1 unspecified atom stereocenters. The highest BCUT2D eigenvalue weighted by Crippen LogP contribution is 2.32. The Kier molecular flexibility index (Phi) is 2.13. The van der Waals surface area contributed by atoms with Crippen LogP contribution >= 0.6 is 0 Å². The van der Waals surface area contributed by atoms with E-state index in [2.05, 4.69) is 13.8 Å². The van der Waals surface area contributed by atoms with Crippen molar-refractivity contribution in [2.45, 2.75) is 20.0 Å². The van der Waals surface area contributed by atoms with Crippen LogP contribution in [0.1, 0.15) is 13.8 Å². The molecular formula is C11H14O2. The van der Waals surface area contributed by atoms with Crippen molar-refractivity contribution in [2.24, 2.45) is 5.92 Å². The number of ether oxygens (including phenoxy) is 2. The van der Waals surface area contributed by atoms with Gasteiger partial charge in [-0.25, -0.2) is 0 Å². The first-order valence-corrected chi connectivity index (χ1v) is 4.66. The molecule has 1 heterocycles. The molecule has 1 aromatic carbocycles. The minimum Gasteiger partial charge on any atom is -0.486 e. The highest BCUT2D eigenvalue weighted by atomic mass is 16.6. The number of hydrogen-bond acceptors (Lipinski definition) is 2. The van der Waals surface area contributed by atoms with Crippen LogP contribution < -0.4 is 9.47 Å². The molecule has 70 valence electrons. The highest BCUT2D eigenvalue weighted by molar-refractivity contribution is 5.40. The predicted octanol–water partition coefficient (Wildman–Crippen LogP) is 2.48. The van der Waals surface area contributed by atoms with Crippen molar-refractivity contribution >= 4 is 0 Å². The lowest BCUT2D eigenvalue weighted by Gasteiger charge is -2.28. The molecule has 2 nitrogen and oxygen atoms in total. The molecule has 13 heavy (non-hydrogen) atoms. The summed E-state index contributed by atoms with van der Waals surface area (Å²) in [5.41, 5.74) is 0. The molecule has 0 fully saturated rings. The number of rotatable bonds is 1. The molecule has 0 saturated heterocycles. The van der Waals surface area contributed by atoms with Crippen molar-refractivity contribution in [1.82, 2.24) is 0 Å². The van der Waals surface area contributed by atoms with Crippen LogP contribution in [-0.2, 0) is 0 Å². The van der Waals surface area contributed by atoms with Crippen LogP contribution in [0.4, 0.5) is 0 Å². The molecule has 2 rings (SSSR count). The molecule has 1 aliphatic heterocycles. The van der Waals surface area contributed by atoms with E-state index in [0.29, 0.717) is 12.5 Å². The van der Waals surface area contributed by atoms with Gasteiger partial charge in [-0.05, 0) is 18.1 Å². The van der Waals surface area contributed by atoms with Gasteiger partial charge in [0.25, 0.3) is 0 Å². The fourth-order valence-electron chi connectivity index (χ4n) is 1.36. The molecule has 1 atom stereocenters. The van der Waals surface area contributed by atoms with E-state index in [1.165, 1.54) is 0 Å². The predicted molar refractivity (Wildman–Crippen MR) is 51.2 cm³/mol. The van der Waals surface area contributed by atoms with E-state index >= 15 is 0 Å². The first kappa shape index (κ1) is 8.42. The first-order chi connectivity index (χ1) is 6.27. The van der Waals surface area contributed by atoms with E-state index in [9.17, 15) is 0 Å². The molecule has 1 aromatic rings. The second kappa shape index (κ2) is 3.29. The largest absolute Gasteiger partial charge is 0.486 e. The number of hydrogen-bond donors (Lipinski definition) is 0. The minimum absolute atomic E-state index is 0.190. The lowest BCUT2D eigenvalue weighted by atomic mass is 10.1. The summed E-state index contributed by atoms with van der Waals surface area (Å²) in [6, 6.07) is 7.80. The zero-order valence-electron chi connectivity index (χ0n) is 7.99. The quantitative estimate of drug-likeness (QED) is 0.657. The van der Waals surface area contributed by atoms with E-state index in [0.717, 1.165) is 11.5 Å². The van der Waals surface area contributed by atoms with Gasteiger partial charge in [-0.1, -0.05) is 26.0 Å². The zero-order chi connectivity index (χ0) is 9.26. The summed E-state index contributed by atoms with van der Waals surface area (Å²) in [5, 5.41) is 0. The van der Waals surface area contributed by atoms with Crippen molar-refractivity contribution < 1.29 is 9.47 Å². The summed E-state index contributed by atoms with van der Waals surface area (Å²) in [7, 11) is 0. The monoisotopic (exact) mass is 178 g/mol. The molecule has 0 radical (unpaired) electrons. The Hall–Kier alpha value is -1.18. The van der Waals surface area contributed by atoms with Crippen molar-refractivity contribution in [3.8, 4) is 11.5 Å². The Bertz CT molecular complexity index is 294. The van der Waals surface area contributed by atoms with Crippen LogP contribution in [0.2, 0.25) is 0 Å². The maximum Gasteiger partial charge on any atom is 0.161 e. The van der Waals surface area contributed by atoms with E-state index < -0.39 is 0 Å². The Labute approximate surface area is 78.5 Å². The Morgan fingerprint density at radius 3 is 2.62 bits per heavy atom. The summed E-state index contributed by atoms with van der Waals surface area (Å²) in [6.07, 6.45) is 0.190. The summed E-state index contributed by atoms with van der Waals surface area (Å²) < 4.78 is 11.3. The lowest BCUT2D eigenvalue weighted by molar-refractivity contribution is 0.0591. The minimum atomic E-state index is 0.190. The van der Waals surface area contributed by atoms with Gasteiger partial charge in [0.05, 0.1) is 0 Å². The second-order valence-corrected chi connectivity index (χ2v) is 3.66. The van der Waals surface area contributed by atoms with Crippen molar-refractivity contribution in [3.63, 3.8) is 0 Å². The number of benzene rings is 1. The number of para-hydroxylation sites is 2. The van der Waals surface area contributed by atoms with Gasteiger partial charge in [-0.2, -0.15) is 0 Å². The molecule has 0 aromatic heterocycles. The summed E-state index contributed by atoms with van der Waals surface area (Å²) in [6.45, 7) is 4.94. The van der Waals surface area contributed by atoms with Gasteiger partial charge < -0.3 is 9.47 Å². The summed E-state index contributed by atoms with van der Waals surface area (Å²) in [5.74, 6) is 2.22. The average Bonchev–Trinajstić information content (AvgIpc) is 2.17. The van der Waals surface area contributed by atoms with Crippen LogP contribution in [0.5, 0.6) is 11.5 Å². The van der Waals surface area contributed by atoms with Gasteiger partial charge in [0.15, 0.2) is 11.5 Å². The van der Waals surface area contributed by atoms with Crippen LogP contribution in [0.25, 0.3) is 0 Å². The van der Waals surface area contributed by atoms with E-state index in [-0.39, 0.29) is 6.10 Å². The topological polar surface area (TPSA) is 18.5 Å². The summed E-state index contributed by atoms with van der Waals surface area (Å²) >= 11 is 0. The van der Waals surface area contributed by atoms with Crippen LogP contribution in [0.3, 0.4) is 0 Å². The Morgan fingerprint density at radius 1 is 1.23 bits per heavy atom. The van der Waals surface area contributed by atoms with E-state index in [4.69, 9.17) is 9.47 Å². The van der Waals surface area contributed by atoms with Crippen molar-refractivity contribution in [1.29, 1.82) is 0 Å². The van der Waals surface area contributed by atoms with Gasteiger partial charge in [-0.3, -0.25) is 0 Å².